The van der Waals surface area contributed by atoms with Crippen LogP contribution in [0.15, 0.2) is 59.6 Å². The van der Waals surface area contributed by atoms with E-state index in [1.165, 1.54) is 13.2 Å². The predicted molar refractivity (Wildman–Crippen MR) is 115 cm³/mol. The second kappa shape index (κ2) is 9.13. The van der Waals surface area contributed by atoms with Gasteiger partial charge in [-0.3, -0.25) is 14.9 Å². The van der Waals surface area contributed by atoms with Crippen molar-refractivity contribution in [3.63, 3.8) is 0 Å². The Kier molecular flexibility index (Phi) is 6.26. The van der Waals surface area contributed by atoms with E-state index in [4.69, 9.17) is 4.74 Å². The zero-order chi connectivity index (χ0) is 23.6. The van der Waals surface area contributed by atoms with Gasteiger partial charge in [0, 0.05) is 31.9 Å². The minimum Gasteiger partial charge on any atom is -0.468 e. The lowest BCUT2D eigenvalue weighted by atomic mass is 9.91. The number of benzene rings is 2. The first-order valence-corrected chi connectivity index (χ1v) is 10.5. The second-order valence-electron chi connectivity index (χ2n) is 7.82. The van der Waals surface area contributed by atoms with E-state index in [0.717, 1.165) is 12.1 Å². The topological polar surface area (TPSA) is 74.2 Å². The first kappa shape index (κ1) is 22.6. The van der Waals surface area contributed by atoms with Gasteiger partial charge in [0.05, 0.1) is 12.7 Å². The molecule has 0 spiro atoms. The molecule has 0 aliphatic carbocycles. The smallest absolute Gasteiger partial charge is 0.416 e. The second-order valence-corrected chi connectivity index (χ2v) is 7.82. The van der Waals surface area contributed by atoms with Crippen molar-refractivity contribution in [3.8, 4) is 0 Å². The highest BCUT2D eigenvalue weighted by atomic mass is 19.4. The third kappa shape index (κ3) is 4.79. The molecule has 33 heavy (non-hydrogen) atoms. The minimum absolute atomic E-state index is 0.345. The fourth-order valence-corrected chi connectivity index (χ4v) is 4.07. The van der Waals surface area contributed by atoms with Crippen LogP contribution in [0, 0.1) is 5.92 Å². The van der Waals surface area contributed by atoms with Gasteiger partial charge in [-0.05, 0) is 23.8 Å². The summed E-state index contributed by atoms with van der Waals surface area (Å²) in [5, 5.41) is 2.70. The molecule has 10 heteroatoms. The number of nitrogens with zero attached hydrogens (tertiary/aromatic N) is 3. The van der Waals surface area contributed by atoms with Gasteiger partial charge < -0.3 is 14.5 Å². The van der Waals surface area contributed by atoms with Gasteiger partial charge in [0.2, 0.25) is 11.9 Å². The van der Waals surface area contributed by atoms with E-state index in [-0.39, 0.29) is 0 Å². The maximum absolute atomic E-state index is 13.1. The van der Waals surface area contributed by atoms with Crippen molar-refractivity contribution < 1.29 is 27.5 Å². The number of carbonyl (C=O) groups is 2. The van der Waals surface area contributed by atoms with Gasteiger partial charge in [-0.1, -0.05) is 36.4 Å². The highest BCUT2D eigenvalue weighted by Gasteiger charge is 2.42. The Morgan fingerprint density at radius 1 is 1.03 bits per heavy atom. The number of guanidine groups is 1. The van der Waals surface area contributed by atoms with Crippen LogP contribution < -0.4 is 10.2 Å². The number of hydrogen-bond donors (Lipinski definition) is 1. The van der Waals surface area contributed by atoms with E-state index in [1.807, 2.05) is 15.9 Å². The third-order valence-electron chi connectivity index (χ3n) is 5.81. The van der Waals surface area contributed by atoms with Gasteiger partial charge in [0.15, 0.2) is 5.92 Å². The average Bonchev–Trinajstić information content (AvgIpc) is 2.83. The zero-order valence-electron chi connectivity index (χ0n) is 17.9. The normalized spacial score (nSPS) is 21.3. The Bertz CT molecular complexity index is 1050. The molecule has 2 aromatic carbocycles. The number of ether oxygens (including phenoxy) is 1. The van der Waals surface area contributed by atoms with Gasteiger partial charge in [0.1, 0.15) is 6.04 Å². The molecule has 1 amide bonds. The summed E-state index contributed by atoms with van der Waals surface area (Å²) in [6, 6.07) is 13.5. The molecule has 2 aromatic rings. The van der Waals surface area contributed by atoms with Crippen molar-refractivity contribution in [3.05, 3.63) is 65.7 Å². The largest absolute Gasteiger partial charge is 0.468 e. The fourth-order valence-electron chi connectivity index (χ4n) is 4.07. The molecular formula is C23H23F3N4O3. The molecule has 7 nitrogen and oxygen atoms in total. The average molecular weight is 460 g/mol. The number of esters is 1. The summed E-state index contributed by atoms with van der Waals surface area (Å²) < 4.78 is 44.0. The summed E-state index contributed by atoms with van der Waals surface area (Å²) in [7, 11) is 1.23. The Morgan fingerprint density at radius 3 is 2.33 bits per heavy atom. The number of anilines is 1. The molecule has 0 radical (unpaired) electrons. The fraction of sp³-hybridized carbons (Fsp3) is 0.348. The molecule has 0 saturated carbocycles. The number of hydrogen-bond acceptors (Lipinski definition) is 6. The summed E-state index contributed by atoms with van der Waals surface area (Å²) in [4.78, 5) is 33.5. The maximum atomic E-state index is 13.1. The lowest BCUT2D eigenvalue weighted by Crippen LogP contribution is -2.57. The first-order chi connectivity index (χ1) is 15.8. The molecule has 4 rings (SSSR count). The highest BCUT2D eigenvalue weighted by molar-refractivity contribution is 6.08. The molecular weight excluding hydrogens is 437 g/mol. The molecule has 1 fully saturated rings. The maximum Gasteiger partial charge on any atom is 0.416 e. The van der Waals surface area contributed by atoms with Crippen molar-refractivity contribution in [1.82, 2.24) is 10.2 Å². The van der Waals surface area contributed by atoms with E-state index in [9.17, 15) is 22.8 Å². The van der Waals surface area contributed by atoms with E-state index >= 15 is 0 Å². The number of piperazine rings is 1. The molecule has 2 aliphatic rings. The van der Waals surface area contributed by atoms with Crippen LogP contribution in [0.4, 0.5) is 18.9 Å². The summed E-state index contributed by atoms with van der Waals surface area (Å²) in [5.41, 5.74) is 0.515. The highest BCUT2D eigenvalue weighted by Crippen LogP contribution is 2.33. The number of nitrogens with one attached hydrogen (secondary N) is 1. The monoisotopic (exact) mass is 460 g/mol. The molecule has 2 aliphatic heterocycles. The summed E-state index contributed by atoms with van der Waals surface area (Å²) >= 11 is 0. The van der Waals surface area contributed by atoms with Crippen LogP contribution in [-0.4, -0.2) is 56.0 Å². The number of methoxy groups -OCH3 is 1. The van der Waals surface area contributed by atoms with Crippen molar-refractivity contribution in [2.24, 2.45) is 10.9 Å². The number of rotatable bonds is 3. The summed E-state index contributed by atoms with van der Waals surface area (Å²) in [5.74, 6) is -1.93. The standard InChI is InChI=1S/C23H23F3N4O3/c1-33-21(32)18-19(15-6-3-2-4-7-15)27-22(28-20(18)31)30-12-10-29(11-13-30)17-9-5-8-16(14-17)23(24,25)26/h2-9,14,18-19H,10-13H2,1H3,(H,27,28,31). The van der Waals surface area contributed by atoms with Crippen LogP contribution in [-0.2, 0) is 20.5 Å². The molecule has 1 saturated heterocycles. The zero-order valence-corrected chi connectivity index (χ0v) is 17.9. The number of alkyl halides is 3. The van der Waals surface area contributed by atoms with E-state index < -0.39 is 35.6 Å². The van der Waals surface area contributed by atoms with Crippen LogP contribution in [0.25, 0.3) is 0 Å². The Hall–Kier alpha value is -3.56. The number of amides is 1. The summed E-state index contributed by atoms with van der Waals surface area (Å²) in [6.45, 7) is 1.79. The molecule has 2 heterocycles. The SMILES string of the molecule is COC(=O)C1C(=O)NC(N2CCN(c3cccc(C(F)(F)F)c3)CC2)=NC1c1ccccc1. The first-order valence-electron chi connectivity index (χ1n) is 10.5. The number of aliphatic imine (C=N–C) groups is 1. The lowest BCUT2D eigenvalue weighted by Gasteiger charge is -2.39. The van der Waals surface area contributed by atoms with Crippen LogP contribution in [0.2, 0.25) is 0 Å². The molecule has 2 unspecified atom stereocenters. The minimum atomic E-state index is -4.40. The van der Waals surface area contributed by atoms with Crippen molar-refractivity contribution >= 4 is 23.5 Å². The summed E-state index contributed by atoms with van der Waals surface area (Å²) in [6.07, 6.45) is -4.40. The lowest BCUT2D eigenvalue weighted by molar-refractivity contribution is -0.151. The van der Waals surface area contributed by atoms with Gasteiger partial charge in [0.25, 0.3) is 0 Å². The molecule has 2 atom stereocenters. The molecule has 0 bridgehead atoms. The Labute approximate surface area is 188 Å². The van der Waals surface area contributed by atoms with Crippen LogP contribution in [0.3, 0.4) is 0 Å². The molecule has 1 N–H and O–H groups in total. The van der Waals surface area contributed by atoms with Gasteiger partial charge in [-0.2, -0.15) is 13.2 Å². The van der Waals surface area contributed by atoms with E-state index in [0.29, 0.717) is 43.4 Å². The Balaban J connectivity index is 1.52. The van der Waals surface area contributed by atoms with Crippen molar-refractivity contribution in [1.29, 1.82) is 0 Å². The quantitative estimate of drug-likeness (QED) is 0.563. The van der Waals surface area contributed by atoms with Gasteiger partial charge in [-0.25, -0.2) is 4.99 Å². The van der Waals surface area contributed by atoms with Crippen molar-refractivity contribution in [2.75, 3.05) is 38.2 Å². The van der Waals surface area contributed by atoms with Gasteiger partial charge in [-0.15, -0.1) is 0 Å². The van der Waals surface area contributed by atoms with Gasteiger partial charge >= 0.3 is 12.1 Å². The molecule has 174 valence electrons. The number of halogens is 3. The number of carbonyl (C=O) groups excluding carboxylic acids is 2. The van der Waals surface area contributed by atoms with Crippen molar-refractivity contribution in [2.45, 2.75) is 12.2 Å². The Morgan fingerprint density at radius 2 is 1.70 bits per heavy atom. The third-order valence-corrected chi connectivity index (χ3v) is 5.81. The van der Waals surface area contributed by atoms with Crippen LogP contribution >= 0.6 is 0 Å². The predicted octanol–water partition coefficient (Wildman–Crippen LogP) is 2.84. The van der Waals surface area contributed by atoms with E-state index in [1.54, 1.807) is 30.3 Å². The molecule has 0 aromatic heterocycles. The van der Waals surface area contributed by atoms with E-state index in [2.05, 4.69) is 10.3 Å². The van der Waals surface area contributed by atoms with Crippen LogP contribution in [0.5, 0.6) is 0 Å². The van der Waals surface area contributed by atoms with Crippen LogP contribution in [0.1, 0.15) is 17.2 Å².